The molecule has 0 bridgehead atoms. The average Bonchev–Trinajstić information content (AvgIpc) is 3.23. The molecular weight excluding hydrogens is 314 g/mol. The average molecular weight is 323 g/mol. The lowest BCUT2D eigenvalue weighted by atomic mass is 10.2. The standard InChI is InChI=1S/C16H9N3O3S/c17-9-12(8-13-6-7-15(22-13)19(20)21)16-18-14(10-23-16)11-4-2-1-3-5-11/h1-8,10H. The summed E-state index contributed by atoms with van der Waals surface area (Å²) in [5.41, 5.74) is 2.03. The minimum Gasteiger partial charge on any atom is -0.401 e. The summed E-state index contributed by atoms with van der Waals surface area (Å²) in [5.74, 6) is -0.123. The lowest BCUT2D eigenvalue weighted by Crippen LogP contribution is -1.83. The van der Waals surface area contributed by atoms with E-state index >= 15 is 0 Å². The topological polar surface area (TPSA) is 93.0 Å². The van der Waals surface area contributed by atoms with Gasteiger partial charge >= 0.3 is 5.88 Å². The van der Waals surface area contributed by atoms with Crippen LogP contribution in [0.1, 0.15) is 10.8 Å². The highest BCUT2D eigenvalue weighted by Gasteiger charge is 2.13. The summed E-state index contributed by atoms with van der Waals surface area (Å²) in [4.78, 5) is 14.4. The summed E-state index contributed by atoms with van der Waals surface area (Å²) in [6.45, 7) is 0. The van der Waals surface area contributed by atoms with Crippen molar-refractivity contribution in [2.24, 2.45) is 0 Å². The SMILES string of the molecule is N#CC(=Cc1ccc([N+](=O)[O-])o1)c1nc(-c2ccccc2)cs1. The molecule has 0 fully saturated rings. The Balaban J connectivity index is 1.92. The molecule has 3 rings (SSSR count). The molecule has 112 valence electrons. The monoisotopic (exact) mass is 323 g/mol. The molecule has 7 heteroatoms. The van der Waals surface area contributed by atoms with Crippen molar-refractivity contribution in [3.63, 3.8) is 0 Å². The van der Waals surface area contributed by atoms with E-state index in [1.807, 2.05) is 41.8 Å². The van der Waals surface area contributed by atoms with E-state index in [1.165, 1.54) is 29.5 Å². The van der Waals surface area contributed by atoms with Gasteiger partial charge in [-0.05, 0) is 6.07 Å². The fourth-order valence-electron chi connectivity index (χ4n) is 1.94. The predicted molar refractivity (Wildman–Crippen MR) is 86.4 cm³/mol. The van der Waals surface area contributed by atoms with Gasteiger partial charge in [0.25, 0.3) is 0 Å². The summed E-state index contributed by atoms with van der Waals surface area (Å²) in [7, 11) is 0. The zero-order valence-corrected chi connectivity index (χ0v) is 12.5. The molecule has 0 saturated carbocycles. The number of furan rings is 1. The number of nitriles is 1. The number of nitrogens with zero attached hydrogens (tertiary/aromatic N) is 3. The Morgan fingerprint density at radius 3 is 2.74 bits per heavy atom. The van der Waals surface area contributed by atoms with Crippen LogP contribution in [0.2, 0.25) is 0 Å². The Bertz CT molecular complexity index is 919. The molecule has 23 heavy (non-hydrogen) atoms. The van der Waals surface area contributed by atoms with Crippen molar-refractivity contribution in [3.05, 3.63) is 68.7 Å². The second-order valence-corrected chi connectivity index (χ2v) is 5.36. The van der Waals surface area contributed by atoms with Crippen LogP contribution in [-0.4, -0.2) is 9.91 Å². The minimum atomic E-state index is -0.625. The Kier molecular flexibility index (Phi) is 3.99. The zero-order chi connectivity index (χ0) is 16.2. The van der Waals surface area contributed by atoms with Crippen LogP contribution in [0.15, 0.2) is 52.3 Å². The molecule has 0 aliphatic carbocycles. The number of thiazole rings is 1. The van der Waals surface area contributed by atoms with Gasteiger partial charge in [0.05, 0.1) is 17.3 Å². The van der Waals surface area contributed by atoms with Crippen molar-refractivity contribution in [2.45, 2.75) is 0 Å². The molecule has 3 aromatic rings. The molecular formula is C16H9N3O3S. The van der Waals surface area contributed by atoms with Gasteiger partial charge in [-0.2, -0.15) is 5.26 Å². The second-order valence-electron chi connectivity index (χ2n) is 4.51. The highest BCUT2D eigenvalue weighted by atomic mass is 32.1. The van der Waals surface area contributed by atoms with Crippen molar-refractivity contribution in [3.8, 4) is 17.3 Å². The van der Waals surface area contributed by atoms with E-state index < -0.39 is 4.92 Å². The first kappa shape index (κ1) is 14.7. The van der Waals surface area contributed by atoms with E-state index in [9.17, 15) is 15.4 Å². The number of benzene rings is 1. The maximum Gasteiger partial charge on any atom is 0.433 e. The van der Waals surface area contributed by atoms with Crippen LogP contribution in [0.4, 0.5) is 5.88 Å². The van der Waals surface area contributed by atoms with Crippen LogP contribution >= 0.6 is 11.3 Å². The van der Waals surface area contributed by atoms with Crippen LogP contribution in [-0.2, 0) is 0 Å². The second kappa shape index (κ2) is 6.25. The van der Waals surface area contributed by atoms with Crippen molar-refractivity contribution in [1.82, 2.24) is 4.98 Å². The first-order valence-electron chi connectivity index (χ1n) is 6.55. The van der Waals surface area contributed by atoms with Crippen LogP contribution in [0.3, 0.4) is 0 Å². The Hall–Kier alpha value is -3.24. The summed E-state index contributed by atoms with van der Waals surface area (Å²) >= 11 is 1.33. The van der Waals surface area contributed by atoms with E-state index in [0.29, 0.717) is 10.6 Å². The summed E-state index contributed by atoms with van der Waals surface area (Å²) in [6, 6.07) is 14.4. The largest absolute Gasteiger partial charge is 0.433 e. The molecule has 2 heterocycles. The van der Waals surface area contributed by atoms with Gasteiger partial charge in [0, 0.05) is 17.0 Å². The van der Waals surface area contributed by atoms with Crippen LogP contribution in [0.5, 0.6) is 0 Å². The van der Waals surface area contributed by atoms with Gasteiger partial charge < -0.3 is 4.42 Å². The van der Waals surface area contributed by atoms with Crippen LogP contribution in [0, 0.1) is 21.4 Å². The molecule has 0 amide bonds. The molecule has 0 atom stereocenters. The number of allylic oxidation sites excluding steroid dienone is 1. The van der Waals surface area contributed by atoms with Gasteiger partial charge in [0.2, 0.25) is 0 Å². The third-order valence-electron chi connectivity index (χ3n) is 3.00. The molecule has 0 spiro atoms. The molecule has 0 aliphatic rings. The van der Waals surface area contributed by atoms with Gasteiger partial charge in [0.15, 0.2) is 0 Å². The van der Waals surface area contributed by atoms with E-state index in [4.69, 9.17) is 4.42 Å². The normalized spacial score (nSPS) is 11.2. The number of rotatable bonds is 4. The zero-order valence-electron chi connectivity index (χ0n) is 11.7. The molecule has 6 nitrogen and oxygen atoms in total. The molecule has 0 radical (unpaired) electrons. The third kappa shape index (κ3) is 3.17. The molecule has 0 saturated heterocycles. The first-order valence-corrected chi connectivity index (χ1v) is 7.42. The van der Waals surface area contributed by atoms with Crippen molar-refractivity contribution in [1.29, 1.82) is 5.26 Å². The quantitative estimate of drug-likeness (QED) is 0.403. The van der Waals surface area contributed by atoms with Gasteiger partial charge in [-0.3, -0.25) is 10.1 Å². The Labute approximate surface area is 135 Å². The summed E-state index contributed by atoms with van der Waals surface area (Å²) in [6.07, 6.45) is 1.45. The van der Waals surface area contributed by atoms with Crippen molar-refractivity contribution < 1.29 is 9.34 Å². The Morgan fingerprint density at radius 2 is 2.09 bits per heavy atom. The van der Waals surface area contributed by atoms with Gasteiger partial charge in [-0.1, -0.05) is 30.3 Å². The highest BCUT2D eigenvalue weighted by molar-refractivity contribution is 7.11. The van der Waals surface area contributed by atoms with Gasteiger partial charge in [0.1, 0.15) is 21.8 Å². The predicted octanol–water partition coefficient (Wildman–Crippen LogP) is 4.38. The maximum atomic E-state index is 10.6. The number of hydrogen-bond acceptors (Lipinski definition) is 6. The fourth-order valence-corrected chi connectivity index (χ4v) is 2.74. The maximum absolute atomic E-state index is 10.6. The van der Waals surface area contributed by atoms with E-state index in [2.05, 4.69) is 4.98 Å². The van der Waals surface area contributed by atoms with Crippen molar-refractivity contribution in [2.75, 3.05) is 0 Å². The van der Waals surface area contributed by atoms with Gasteiger partial charge in [-0.25, -0.2) is 4.98 Å². The third-order valence-corrected chi connectivity index (χ3v) is 3.88. The number of aromatic nitrogens is 1. The smallest absolute Gasteiger partial charge is 0.401 e. The van der Waals surface area contributed by atoms with Crippen molar-refractivity contribution >= 4 is 28.9 Å². The number of nitro groups is 1. The van der Waals surface area contributed by atoms with Crippen LogP contribution in [0.25, 0.3) is 22.9 Å². The molecule has 0 N–H and O–H groups in total. The van der Waals surface area contributed by atoms with E-state index in [1.54, 1.807) is 0 Å². The highest BCUT2D eigenvalue weighted by Crippen LogP contribution is 2.28. The minimum absolute atomic E-state index is 0.240. The Morgan fingerprint density at radius 1 is 1.30 bits per heavy atom. The fraction of sp³-hybridized carbons (Fsp3) is 0. The first-order chi connectivity index (χ1) is 11.2. The van der Waals surface area contributed by atoms with Crippen LogP contribution < -0.4 is 0 Å². The molecule has 1 aromatic carbocycles. The molecule has 0 unspecified atom stereocenters. The van der Waals surface area contributed by atoms with E-state index in [-0.39, 0.29) is 11.6 Å². The number of hydrogen-bond donors (Lipinski definition) is 0. The van der Waals surface area contributed by atoms with Gasteiger partial charge in [-0.15, -0.1) is 11.3 Å². The van der Waals surface area contributed by atoms with E-state index in [0.717, 1.165) is 11.3 Å². The summed E-state index contributed by atoms with van der Waals surface area (Å²) in [5, 5.41) is 22.3. The molecule has 0 aliphatic heterocycles. The lowest BCUT2D eigenvalue weighted by molar-refractivity contribution is -0.402. The molecule has 2 aromatic heterocycles. The lowest BCUT2D eigenvalue weighted by Gasteiger charge is -1.94. The summed E-state index contributed by atoms with van der Waals surface area (Å²) < 4.78 is 5.04.